The van der Waals surface area contributed by atoms with Crippen LogP contribution in [0.4, 0.5) is 0 Å². The van der Waals surface area contributed by atoms with E-state index in [1.807, 2.05) is 25.1 Å². The van der Waals surface area contributed by atoms with Gasteiger partial charge in [0.15, 0.2) is 9.84 Å². The third-order valence-electron chi connectivity index (χ3n) is 3.80. The molecule has 1 aromatic carbocycles. The van der Waals surface area contributed by atoms with Gasteiger partial charge < -0.3 is 5.11 Å². The van der Waals surface area contributed by atoms with Crippen molar-refractivity contribution in [2.45, 2.75) is 19.9 Å². The van der Waals surface area contributed by atoms with E-state index in [0.717, 1.165) is 13.0 Å². The summed E-state index contributed by atoms with van der Waals surface area (Å²) in [6.45, 7) is 3.77. The molecule has 0 spiro atoms. The van der Waals surface area contributed by atoms with Gasteiger partial charge in [-0.1, -0.05) is 30.3 Å². The van der Waals surface area contributed by atoms with Gasteiger partial charge in [-0.3, -0.25) is 9.69 Å². The Balaban J connectivity index is 1.99. The predicted molar refractivity (Wildman–Crippen MR) is 101 cm³/mol. The Bertz CT molecular complexity index is 784. The van der Waals surface area contributed by atoms with Gasteiger partial charge in [0.2, 0.25) is 0 Å². The summed E-state index contributed by atoms with van der Waals surface area (Å²) in [6, 6.07) is 14.1. The Labute approximate surface area is 152 Å². The number of thiophene rings is 1. The maximum absolute atomic E-state index is 11.9. The summed E-state index contributed by atoms with van der Waals surface area (Å²) in [7, 11) is -3.58. The highest BCUT2D eigenvalue weighted by atomic mass is 32.2. The highest BCUT2D eigenvalue weighted by Crippen LogP contribution is 2.17. The van der Waals surface area contributed by atoms with E-state index in [9.17, 15) is 13.2 Å². The fourth-order valence-electron chi connectivity index (χ4n) is 2.52. The number of carboxylic acid groups (broad SMARTS) is 1. The van der Waals surface area contributed by atoms with Crippen LogP contribution < -0.4 is 0 Å². The molecule has 2 aromatic rings. The van der Waals surface area contributed by atoms with Gasteiger partial charge in [0.05, 0.1) is 5.75 Å². The first kappa shape index (κ1) is 19.6. The van der Waals surface area contributed by atoms with E-state index >= 15 is 0 Å². The standard InChI is InChI=1S/C18H23NO4S2/c1-15-7-8-17(24-15)13-19(10-9-16-5-3-2-4-6-16)11-12-25(22,23)14-18(20)21/h2-8H,9-14H2,1H3,(H,20,21). The first-order valence-electron chi connectivity index (χ1n) is 8.08. The Morgan fingerprint density at radius 3 is 2.44 bits per heavy atom. The fraction of sp³-hybridized carbons (Fsp3) is 0.389. The minimum absolute atomic E-state index is 0.140. The van der Waals surface area contributed by atoms with Crippen molar-refractivity contribution in [2.75, 3.05) is 24.6 Å². The lowest BCUT2D eigenvalue weighted by molar-refractivity contribution is -0.134. The zero-order valence-corrected chi connectivity index (χ0v) is 15.9. The monoisotopic (exact) mass is 381 g/mol. The Morgan fingerprint density at radius 1 is 1.12 bits per heavy atom. The van der Waals surface area contributed by atoms with E-state index in [1.165, 1.54) is 15.3 Å². The van der Waals surface area contributed by atoms with Crippen LogP contribution >= 0.6 is 11.3 Å². The highest BCUT2D eigenvalue weighted by molar-refractivity contribution is 7.92. The van der Waals surface area contributed by atoms with Gasteiger partial charge in [0.25, 0.3) is 0 Å². The second kappa shape index (κ2) is 9.12. The summed E-state index contributed by atoms with van der Waals surface area (Å²) in [5.41, 5.74) is 1.20. The highest BCUT2D eigenvalue weighted by Gasteiger charge is 2.18. The van der Waals surface area contributed by atoms with Gasteiger partial charge >= 0.3 is 5.97 Å². The van der Waals surface area contributed by atoms with E-state index in [4.69, 9.17) is 5.11 Å². The molecule has 0 aliphatic rings. The molecular formula is C18H23NO4S2. The lowest BCUT2D eigenvalue weighted by Gasteiger charge is -2.21. The third kappa shape index (κ3) is 7.37. The molecule has 1 heterocycles. The molecule has 0 aliphatic carbocycles. The van der Waals surface area contributed by atoms with Crippen LogP contribution in [0.5, 0.6) is 0 Å². The summed E-state index contributed by atoms with van der Waals surface area (Å²) in [5, 5.41) is 8.71. The van der Waals surface area contributed by atoms with Crippen molar-refractivity contribution in [1.82, 2.24) is 4.90 Å². The SMILES string of the molecule is Cc1ccc(CN(CCc2ccccc2)CCS(=O)(=O)CC(=O)O)s1. The number of nitrogens with zero attached hydrogens (tertiary/aromatic N) is 1. The van der Waals surface area contributed by atoms with Crippen molar-refractivity contribution in [1.29, 1.82) is 0 Å². The van der Waals surface area contributed by atoms with Crippen LogP contribution in [0.1, 0.15) is 15.3 Å². The maximum atomic E-state index is 11.9. The zero-order chi connectivity index (χ0) is 18.3. The predicted octanol–water partition coefficient (Wildman–Crippen LogP) is 2.60. The summed E-state index contributed by atoms with van der Waals surface area (Å²) in [4.78, 5) is 15.2. The lowest BCUT2D eigenvalue weighted by Crippen LogP contribution is -2.32. The van der Waals surface area contributed by atoms with Crippen molar-refractivity contribution in [3.05, 3.63) is 57.8 Å². The summed E-state index contributed by atoms with van der Waals surface area (Å²) in [6.07, 6.45) is 0.824. The third-order valence-corrected chi connectivity index (χ3v) is 6.27. The lowest BCUT2D eigenvalue weighted by atomic mass is 10.1. The number of hydrogen-bond donors (Lipinski definition) is 1. The number of carboxylic acids is 1. The van der Waals surface area contributed by atoms with Crippen molar-refractivity contribution in [3.63, 3.8) is 0 Å². The van der Waals surface area contributed by atoms with E-state index in [-0.39, 0.29) is 5.75 Å². The van der Waals surface area contributed by atoms with E-state index in [0.29, 0.717) is 13.1 Å². The first-order chi connectivity index (χ1) is 11.8. The smallest absolute Gasteiger partial charge is 0.318 e. The molecule has 0 bridgehead atoms. The summed E-state index contributed by atoms with van der Waals surface area (Å²) >= 11 is 1.70. The normalized spacial score (nSPS) is 11.8. The van der Waals surface area contributed by atoms with Gasteiger partial charge in [-0.25, -0.2) is 8.42 Å². The van der Waals surface area contributed by atoms with Gasteiger partial charge in [-0.2, -0.15) is 0 Å². The zero-order valence-electron chi connectivity index (χ0n) is 14.2. The summed E-state index contributed by atoms with van der Waals surface area (Å²) in [5.74, 6) is -2.25. The molecule has 0 saturated carbocycles. The molecule has 0 radical (unpaired) electrons. The van der Waals surface area contributed by atoms with E-state index < -0.39 is 21.6 Å². The molecule has 0 saturated heterocycles. The van der Waals surface area contributed by atoms with Crippen LogP contribution in [0, 0.1) is 6.92 Å². The van der Waals surface area contributed by atoms with Crippen LogP contribution in [-0.2, 0) is 27.6 Å². The van der Waals surface area contributed by atoms with Gasteiger partial charge in [0.1, 0.15) is 5.75 Å². The second-order valence-electron chi connectivity index (χ2n) is 6.01. The van der Waals surface area contributed by atoms with Crippen LogP contribution in [-0.4, -0.2) is 49.0 Å². The molecule has 0 aliphatic heterocycles. The topological polar surface area (TPSA) is 74.7 Å². The number of hydrogen-bond acceptors (Lipinski definition) is 5. The quantitative estimate of drug-likeness (QED) is 0.685. The van der Waals surface area contributed by atoms with Crippen molar-refractivity contribution < 1.29 is 18.3 Å². The first-order valence-corrected chi connectivity index (χ1v) is 10.7. The van der Waals surface area contributed by atoms with E-state index in [1.54, 1.807) is 11.3 Å². The average molecular weight is 382 g/mol. The molecule has 0 fully saturated rings. The molecule has 0 unspecified atom stereocenters. The van der Waals surface area contributed by atoms with Crippen LogP contribution in [0.15, 0.2) is 42.5 Å². The number of sulfone groups is 1. The maximum Gasteiger partial charge on any atom is 0.318 e. The second-order valence-corrected chi connectivity index (χ2v) is 9.57. The Kier molecular flexibility index (Phi) is 7.16. The van der Waals surface area contributed by atoms with Crippen LogP contribution in [0.25, 0.3) is 0 Å². The minimum atomic E-state index is -3.58. The van der Waals surface area contributed by atoms with Gasteiger partial charge in [0, 0.05) is 29.4 Å². The van der Waals surface area contributed by atoms with Crippen molar-refractivity contribution >= 4 is 27.1 Å². The molecule has 0 atom stereocenters. The molecule has 1 N–H and O–H groups in total. The van der Waals surface area contributed by atoms with E-state index in [2.05, 4.69) is 29.2 Å². The van der Waals surface area contributed by atoms with Gasteiger partial charge in [-0.05, 0) is 31.0 Å². The Hall–Kier alpha value is -1.70. The van der Waals surface area contributed by atoms with Crippen molar-refractivity contribution in [2.24, 2.45) is 0 Å². The largest absolute Gasteiger partial charge is 0.480 e. The Morgan fingerprint density at radius 2 is 1.84 bits per heavy atom. The number of carbonyl (C=O) groups is 1. The molecule has 0 amide bonds. The molecule has 136 valence electrons. The number of aliphatic carboxylic acids is 1. The molecule has 2 rings (SSSR count). The van der Waals surface area contributed by atoms with Gasteiger partial charge in [-0.15, -0.1) is 11.3 Å². The minimum Gasteiger partial charge on any atom is -0.480 e. The van der Waals surface area contributed by atoms with Crippen LogP contribution in [0.2, 0.25) is 0 Å². The molecule has 7 heteroatoms. The number of aryl methyl sites for hydroxylation is 1. The fourth-order valence-corrected chi connectivity index (χ4v) is 4.51. The molecule has 25 heavy (non-hydrogen) atoms. The number of rotatable bonds is 10. The van der Waals surface area contributed by atoms with Crippen molar-refractivity contribution in [3.8, 4) is 0 Å². The molecular weight excluding hydrogens is 358 g/mol. The number of benzene rings is 1. The molecule has 1 aromatic heterocycles. The van der Waals surface area contributed by atoms with Crippen LogP contribution in [0.3, 0.4) is 0 Å². The molecule has 5 nitrogen and oxygen atoms in total. The summed E-state index contributed by atoms with van der Waals surface area (Å²) < 4.78 is 23.7. The average Bonchev–Trinajstić information content (AvgIpc) is 2.95.